The summed E-state index contributed by atoms with van der Waals surface area (Å²) in [7, 11) is 0. The molecule has 0 aromatic carbocycles. The zero-order valence-corrected chi connectivity index (χ0v) is 28.4. The second kappa shape index (κ2) is 8.63. The van der Waals surface area contributed by atoms with E-state index in [9.17, 15) is 0 Å². The maximum Gasteiger partial charge on any atom is 0.161 e. The third kappa shape index (κ3) is 3.47. The van der Waals surface area contributed by atoms with Gasteiger partial charge in [0.1, 0.15) is 0 Å². The van der Waals surface area contributed by atoms with E-state index in [1.165, 1.54) is 116 Å². The summed E-state index contributed by atoms with van der Waals surface area (Å²) in [6.07, 6.45) is 26.3. The standard InChI is InChI=1S/C40H64O2/c1-34(2)15-7-17-36(5)29(34)13-19-38-21-26(9-11-31(36)38)28(23-38)33-41-25-40(42-33)24-39-20-14-30-35(3,4)16-8-18-37(30,6)32(39)12-10-27(40)22-39/h26-33H,7-25H2,1-6H3/t26-,27-,28+,29+,30+,31-,32+,33-,36+,37+,38+,39-,40-/m0/s1. The van der Waals surface area contributed by atoms with E-state index in [4.69, 9.17) is 9.47 Å². The van der Waals surface area contributed by atoms with Gasteiger partial charge in [-0.2, -0.15) is 0 Å². The first kappa shape index (κ1) is 28.2. The fraction of sp³-hybridized carbons (Fsp3) is 1.00. The summed E-state index contributed by atoms with van der Waals surface area (Å²) in [5, 5.41) is 0. The average Bonchev–Trinajstić information content (AvgIpc) is 3.52. The molecule has 3 spiro atoms. The van der Waals surface area contributed by atoms with Gasteiger partial charge >= 0.3 is 0 Å². The highest BCUT2D eigenvalue weighted by Gasteiger charge is 2.71. The third-order valence-corrected chi connectivity index (χ3v) is 18.3. The van der Waals surface area contributed by atoms with Crippen molar-refractivity contribution in [2.24, 2.45) is 73.9 Å². The Balaban J connectivity index is 0.952. The van der Waals surface area contributed by atoms with Crippen molar-refractivity contribution in [3.05, 3.63) is 0 Å². The molecule has 13 atom stereocenters. The number of fused-ring (bicyclic) bond motifs is 7. The molecule has 4 bridgehead atoms. The Bertz CT molecular complexity index is 1120. The van der Waals surface area contributed by atoms with Crippen LogP contribution in [-0.4, -0.2) is 18.5 Å². The highest BCUT2D eigenvalue weighted by molar-refractivity contribution is 5.19. The van der Waals surface area contributed by atoms with Gasteiger partial charge in [-0.3, -0.25) is 0 Å². The van der Waals surface area contributed by atoms with Gasteiger partial charge in [0.05, 0.1) is 12.2 Å². The molecule has 9 aliphatic rings. The molecule has 8 aliphatic carbocycles. The van der Waals surface area contributed by atoms with Crippen LogP contribution in [0.1, 0.15) is 157 Å². The Kier molecular flexibility index (Phi) is 5.79. The van der Waals surface area contributed by atoms with Crippen molar-refractivity contribution < 1.29 is 9.47 Å². The molecule has 0 unspecified atom stereocenters. The monoisotopic (exact) mass is 576 g/mol. The molecule has 1 heterocycles. The lowest BCUT2D eigenvalue weighted by Gasteiger charge is -2.64. The molecule has 2 heteroatoms. The summed E-state index contributed by atoms with van der Waals surface area (Å²) in [5.41, 5.74) is 3.35. The first-order chi connectivity index (χ1) is 19.9. The molecular formula is C40H64O2. The molecule has 236 valence electrons. The summed E-state index contributed by atoms with van der Waals surface area (Å²) >= 11 is 0. The van der Waals surface area contributed by atoms with Crippen molar-refractivity contribution >= 4 is 0 Å². The van der Waals surface area contributed by atoms with Crippen LogP contribution in [-0.2, 0) is 9.47 Å². The van der Waals surface area contributed by atoms with E-state index in [0.29, 0.717) is 38.4 Å². The Labute approximate surface area is 258 Å². The molecule has 2 nitrogen and oxygen atoms in total. The molecule has 0 aromatic rings. The van der Waals surface area contributed by atoms with Crippen molar-refractivity contribution in [2.75, 3.05) is 6.61 Å². The summed E-state index contributed by atoms with van der Waals surface area (Å²) < 4.78 is 14.4. The quantitative estimate of drug-likeness (QED) is 0.309. The van der Waals surface area contributed by atoms with Gasteiger partial charge in [0, 0.05) is 5.92 Å². The maximum absolute atomic E-state index is 7.49. The first-order valence-electron chi connectivity index (χ1n) is 19.1. The highest BCUT2D eigenvalue weighted by Crippen LogP contribution is 2.76. The second-order valence-corrected chi connectivity index (χ2v) is 20.6. The summed E-state index contributed by atoms with van der Waals surface area (Å²) in [6, 6.07) is 0. The molecule has 42 heavy (non-hydrogen) atoms. The van der Waals surface area contributed by atoms with Crippen LogP contribution in [0.25, 0.3) is 0 Å². The molecule has 8 saturated carbocycles. The van der Waals surface area contributed by atoms with Crippen LogP contribution < -0.4 is 0 Å². The van der Waals surface area contributed by atoms with Gasteiger partial charge in [-0.25, -0.2) is 0 Å². The van der Waals surface area contributed by atoms with Crippen LogP contribution in [0, 0.1) is 73.9 Å². The van der Waals surface area contributed by atoms with Gasteiger partial charge in [0.15, 0.2) is 6.29 Å². The minimum atomic E-state index is 0.0393. The summed E-state index contributed by atoms with van der Waals surface area (Å²) in [4.78, 5) is 0. The molecule has 0 aromatic heterocycles. The van der Waals surface area contributed by atoms with Crippen molar-refractivity contribution in [1.29, 1.82) is 0 Å². The van der Waals surface area contributed by atoms with Gasteiger partial charge < -0.3 is 9.47 Å². The highest BCUT2D eigenvalue weighted by atomic mass is 16.7. The van der Waals surface area contributed by atoms with E-state index in [0.717, 1.165) is 42.1 Å². The van der Waals surface area contributed by atoms with E-state index in [1.807, 2.05) is 0 Å². The van der Waals surface area contributed by atoms with Gasteiger partial charge in [-0.1, -0.05) is 54.4 Å². The zero-order chi connectivity index (χ0) is 29.0. The molecule has 1 aliphatic heterocycles. The zero-order valence-electron chi connectivity index (χ0n) is 28.4. The smallest absolute Gasteiger partial charge is 0.161 e. The topological polar surface area (TPSA) is 18.5 Å². The van der Waals surface area contributed by atoms with E-state index in [1.54, 1.807) is 0 Å². The van der Waals surface area contributed by atoms with E-state index < -0.39 is 0 Å². The van der Waals surface area contributed by atoms with Gasteiger partial charge in [-0.05, 0) is 171 Å². The minimum absolute atomic E-state index is 0.0393. The largest absolute Gasteiger partial charge is 0.349 e. The minimum Gasteiger partial charge on any atom is -0.349 e. The number of ether oxygens (including phenoxy) is 2. The van der Waals surface area contributed by atoms with Gasteiger partial charge in [0.25, 0.3) is 0 Å². The summed E-state index contributed by atoms with van der Waals surface area (Å²) in [5.74, 6) is 5.98. The molecule has 0 N–H and O–H groups in total. The lowest BCUT2D eigenvalue weighted by atomic mass is 9.41. The number of hydrogen-bond donors (Lipinski definition) is 0. The molecular weight excluding hydrogens is 512 g/mol. The SMILES string of the molecule is CC1(C)CCC[C@]2(C)[C@@H]1CC[C@]13C[C@H](CC[C@H]12)[C@H]([C@H]1OC[C@]2(C[C@@]45CC[C@@H]6C(C)(C)CCC[C@@]6(C)[C@H]4CC[C@H]2C5)O1)C3. The van der Waals surface area contributed by atoms with Crippen LogP contribution in [0.5, 0.6) is 0 Å². The predicted molar refractivity (Wildman–Crippen MR) is 170 cm³/mol. The Morgan fingerprint density at radius 3 is 1.86 bits per heavy atom. The average molecular weight is 577 g/mol. The van der Waals surface area contributed by atoms with Crippen molar-refractivity contribution in [3.63, 3.8) is 0 Å². The second-order valence-electron chi connectivity index (χ2n) is 20.6. The van der Waals surface area contributed by atoms with Crippen LogP contribution in [0.4, 0.5) is 0 Å². The van der Waals surface area contributed by atoms with Crippen LogP contribution in [0.2, 0.25) is 0 Å². The predicted octanol–water partition coefficient (Wildman–Crippen LogP) is 10.6. The lowest BCUT2D eigenvalue weighted by molar-refractivity contribution is -0.151. The fourth-order valence-corrected chi connectivity index (χ4v) is 17.1. The molecule has 9 fully saturated rings. The number of rotatable bonds is 1. The Morgan fingerprint density at radius 1 is 0.548 bits per heavy atom. The third-order valence-electron chi connectivity index (χ3n) is 18.3. The van der Waals surface area contributed by atoms with Crippen LogP contribution >= 0.6 is 0 Å². The lowest BCUT2D eigenvalue weighted by Crippen LogP contribution is -2.55. The van der Waals surface area contributed by atoms with E-state index >= 15 is 0 Å². The molecule has 1 saturated heterocycles. The van der Waals surface area contributed by atoms with Crippen molar-refractivity contribution in [3.8, 4) is 0 Å². The van der Waals surface area contributed by atoms with Crippen molar-refractivity contribution in [1.82, 2.24) is 0 Å². The first-order valence-corrected chi connectivity index (χ1v) is 19.1. The Hall–Kier alpha value is -0.0800. The molecule has 9 rings (SSSR count). The number of hydrogen-bond acceptors (Lipinski definition) is 2. The normalized spacial score (nSPS) is 60.4. The fourth-order valence-electron chi connectivity index (χ4n) is 17.1. The van der Waals surface area contributed by atoms with Crippen molar-refractivity contribution in [2.45, 2.75) is 169 Å². The van der Waals surface area contributed by atoms with E-state index in [-0.39, 0.29) is 11.9 Å². The Morgan fingerprint density at radius 2 is 1.17 bits per heavy atom. The molecule has 0 radical (unpaired) electrons. The van der Waals surface area contributed by atoms with Crippen LogP contribution in [0.15, 0.2) is 0 Å². The maximum atomic E-state index is 7.49. The van der Waals surface area contributed by atoms with E-state index in [2.05, 4.69) is 41.5 Å². The summed E-state index contributed by atoms with van der Waals surface area (Å²) in [6.45, 7) is 16.9. The van der Waals surface area contributed by atoms with Gasteiger partial charge in [-0.15, -0.1) is 0 Å². The van der Waals surface area contributed by atoms with Crippen LogP contribution in [0.3, 0.4) is 0 Å². The molecule has 0 amide bonds. The van der Waals surface area contributed by atoms with Gasteiger partial charge in [0.2, 0.25) is 0 Å².